The van der Waals surface area contributed by atoms with Gasteiger partial charge >= 0.3 is 6.09 Å². The molecule has 0 fully saturated rings. The van der Waals surface area contributed by atoms with Crippen molar-refractivity contribution in [2.24, 2.45) is 0 Å². The summed E-state index contributed by atoms with van der Waals surface area (Å²) in [5.74, 6) is -0.264. The van der Waals surface area contributed by atoms with E-state index in [1.807, 2.05) is 105 Å². The SMILES string of the molecule is CN(C)[C@@H](CNC(=O)[C@@H](Cc1c[nH]c2ccccc12)NC(=O)OCc1ccccc1)c1ccccc1. The van der Waals surface area contributed by atoms with Crippen molar-refractivity contribution in [2.75, 3.05) is 20.6 Å². The van der Waals surface area contributed by atoms with E-state index in [9.17, 15) is 9.59 Å². The maximum absolute atomic E-state index is 13.4. The summed E-state index contributed by atoms with van der Waals surface area (Å²) in [5, 5.41) is 6.84. The average molecular weight is 485 g/mol. The van der Waals surface area contributed by atoms with E-state index in [4.69, 9.17) is 4.74 Å². The lowest BCUT2D eigenvalue weighted by Gasteiger charge is -2.26. The summed E-state index contributed by atoms with van der Waals surface area (Å²) < 4.78 is 5.40. The van der Waals surface area contributed by atoms with E-state index in [0.717, 1.165) is 27.6 Å². The Balaban J connectivity index is 1.47. The molecule has 0 saturated carbocycles. The van der Waals surface area contributed by atoms with Crippen molar-refractivity contribution in [3.8, 4) is 0 Å². The molecule has 186 valence electrons. The number of nitrogens with one attached hydrogen (secondary N) is 3. The van der Waals surface area contributed by atoms with Gasteiger partial charge in [0, 0.05) is 30.1 Å². The van der Waals surface area contributed by atoms with Crippen LogP contribution in [0.1, 0.15) is 22.7 Å². The number of rotatable bonds is 10. The Labute approximate surface area is 211 Å². The highest BCUT2D eigenvalue weighted by molar-refractivity contribution is 5.88. The first-order chi connectivity index (χ1) is 17.5. The van der Waals surface area contributed by atoms with Crippen molar-refractivity contribution in [2.45, 2.75) is 25.1 Å². The Hall–Kier alpha value is -4.10. The Morgan fingerprint density at radius 1 is 0.917 bits per heavy atom. The number of H-pyrrole nitrogens is 1. The fourth-order valence-corrected chi connectivity index (χ4v) is 4.23. The third kappa shape index (κ3) is 6.52. The van der Waals surface area contributed by atoms with Gasteiger partial charge in [-0.3, -0.25) is 4.79 Å². The minimum Gasteiger partial charge on any atom is -0.445 e. The van der Waals surface area contributed by atoms with E-state index in [2.05, 4.69) is 20.5 Å². The number of amides is 2. The van der Waals surface area contributed by atoms with Gasteiger partial charge in [0.1, 0.15) is 12.6 Å². The number of nitrogens with zero attached hydrogens (tertiary/aromatic N) is 1. The second kappa shape index (κ2) is 12.0. The van der Waals surface area contributed by atoms with E-state index in [1.54, 1.807) is 0 Å². The number of carbonyl (C=O) groups is 2. The van der Waals surface area contributed by atoms with Crippen LogP contribution in [0.4, 0.5) is 4.79 Å². The minimum absolute atomic E-state index is 0.00563. The van der Waals surface area contributed by atoms with Crippen LogP contribution in [0.25, 0.3) is 10.9 Å². The minimum atomic E-state index is -0.800. The maximum atomic E-state index is 13.4. The molecule has 0 radical (unpaired) electrons. The molecular formula is C29H32N4O3. The molecule has 36 heavy (non-hydrogen) atoms. The lowest BCUT2D eigenvalue weighted by Crippen LogP contribution is -2.49. The highest BCUT2D eigenvalue weighted by atomic mass is 16.5. The highest BCUT2D eigenvalue weighted by Gasteiger charge is 2.25. The zero-order valence-electron chi connectivity index (χ0n) is 20.6. The van der Waals surface area contributed by atoms with Crippen molar-refractivity contribution < 1.29 is 14.3 Å². The van der Waals surface area contributed by atoms with Crippen molar-refractivity contribution in [3.63, 3.8) is 0 Å². The molecule has 0 aliphatic carbocycles. The molecule has 0 bridgehead atoms. The molecule has 4 rings (SSSR count). The van der Waals surface area contributed by atoms with Crippen LogP contribution >= 0.6 is 0 Å². The first-order valence-corrected chi connectivity index (χ1v) is 12.0. The molecule has 0 saturated heterocycles. The first-order valence-electron chi connectivity index (χ1n) is 12.0. The third-order valence-corrected chi connectivity index (χ3v) is 6.20. The van der Waals surface area contributed by atoms with E-state index < -0.39 is 12.1 Å². The molecular weight excluding hydrogens is 452 g/mol. The monoisotopic (exact) mass is 484 g/mol. The number of para-hydroxylation sites is 1. The van der Waals surface area contributed by atoms with Crippen LogP contribution in [-0.2, 0) is 22.6 Å². The predicted octanol–water partition coefficient (Wildman–Crippen LogP) is 4.42. The molecule has 3 aromatic carbocycles. The lowest BCUT2D eigenvalue weighted by atomic mass is 10.0. The van der Waals surface area contributed by atoms with Crippen molar-refractivity contribution in [1.29, 1.82) is 0 Å². The number of ether oxygens (including phenoxy) is 1. The van der Waals surface area contributed by atoms with Gasteiger partial charge in [0.2, 0.25) is 5.91 Å². The van der Waals surface area contributed by atoms with Gasteiger partial charge in [-0.2, -0.15) is 0 Å². The van der Waals surface area contributed by atoms with Gasteiger partial charge in [-0.1, -0.05) is 78.9 Å². The summed E-state index contributed by atoms with van der Waals surface area (Å²) in [5.41, 5.74) is 3.91. The van der Waals surface area contributed by atoms with Gasteiger partial charge in [-0.05, 0) is 36.9 Å². The molecule has 0 aliphatic rings. The van der Waals surface area contributed by atoms with E-state index >= 15 is 0 Å². The molecule has 2 atom stereocenters. The second-order valence-electron chi connectivity index (χ2n) is 8.96. The Bertz CT molecular complexity index is 1270. The van der Waals surface area contributed by atoms with Gasteiger partial charge < -0.3 is 25.3 Å². The van der Waals surface area contributed by atoms with Gasteiger partial charge in [-0.15, -0.1) is 0 Å². The van der Waals surface area contributed by atoms with Gasteiger partial charge in [0.05, 0.1) is 6.04 Å². The molecule has 1 aromatic heterocycles. The smallest absolute Gasteiger partial charge is 0.408 e. The molecule has 4 aromatic rings. The summed E-state index contributed by atoms with van der Waals surface area (Å²) in [6.07, 6.45) is 1.58. The average Bonchev–Trinajstić information content (AvgIpc) is 3.31. The van der Waals surface area contributed by atoms with Gasteiger partial charge in [0.25, 0.3) is 0 Å². The summed E-state index contributed by atoms with van der Waals surface area (Å²) in [7, 11) is 3.96. The fourth-order valence-electron chi connectivity index (χ4n) is 4.23. The normalized spacial score (nSPS) is 12.8. The summed E-state index contributed by atoms with van der Waals surface area (Å²) in [4.78, 5) is 31.3. The van der Waals surface area contributed by atoms with Crippen LogP contribution in [0, 0.1) is 0 Å². The maximum Gasteiger partial charge on any atom is 0.408 e. The molecule has 3 N–H and O–H groups in total. The number of likely N-dealkylation sites (N-methyl/N-ethyl adjacent to an activating group) is 1. The van der Waals surface area contributed by atoms with Gasteiger partial charge in [0.15, 0.2) is 0 Å². The van der Waals surface area contributed by atoms with Crippen LogP contribution in [-0.4, -0.2) is 48.6 Å². The summed E-state index contributed by atoms with van der Waals surface area (Å²) in [6.45, 7) is 0.534. The van der Waals surface area contributed by atoms with E-state index in [1.165, 1.54) is 0 Å². The Morgan fingerprint density at radius 2 is 1.58 bits per heavy atom. The number of hydrogen-bond acceptors (Lipinski definition) is 4. The predicted molar refractivity (Wildman–Crippen MR) is 141 cm³/mol. The number of aromatic nitrogens is 1. The summed E-state index contributed by atoms with van der Waals surface area (Å²) >= 11 is 0. The van der Waals surface area contributed by atoms with Crippen LogP contribution < -0.4 is 10.6 Å². The van der Waals surface area contributed by atoms with E-state index in [0.29, 0.717) is 13.0 Å². The number of carbonyl (C=O) groups excluding carboxylic acids is 2. The standard InChI is InChI=1S/C29H32N4O3/c1-33(2)27(22-13-7-4-8-14-22)19-31-28(34)26(17-23-18-30-25-16-10-9-15-24(23)25)32-29(35)36-20-21-11-5-3-6-12-21/h3-16,18,26-27,30H,17,19-20H2,1-2H3,(H,31,34)(H,32,35)/t26-,27+/m1/s1. The highest BCUT2D eigenvalue weighted by Crippen LogP contribution is 2.20. The van der Waals surface area contributed by atoms with E-state index in [-0.39, 0.29) is 18.6 Å². The number of alkyl carbamates (subject to hydrolysis) is 1. The largest absolute Gasteiger partial charge is 0.445 e. The first kappa shape index (κ1) is 25.0. The number of benzene rings is 3. The molecule has 0 aliphatic heterocycles. The zero-order valence-corrected chi connectivity index (χ0v) is 20.6. The van der Waals surface area contributed by atoms with Crippen molar-refractivity contribution >= 4 is 22.9 Å². The quantitative estimate of drug-likeness (QED) is 0.311. The van der Waals surface area contributed by atoms with Crippen LogP contribution in [0.5, 0.6) is 0 Å². The number of fused-ring (bicyclic) bond motifs is 1. The van der Waals surface area contributed by atoms with Gasteiger partial charge in [-0.25, -0.2) is 4.79 Å². The zero-order chi connectivity index (χ0) is 25.3. The van der Waals surface area contributed by atoms with Crippen LogP contribution in [0.2, 0.25) is 0 Å². The molecule has 7 heteroatoms. The summed E-state index contributed by atoms with van der Waals surface area (Å²) in [6, 6.07) is 26.6. The van der Waals surface area contributed by atoms with Crippen LogP contribution in [0.3, 0.4) is 0 Å². The number of aromatic amines is 1. The van der Waals surface area contributed by atoms with Crippen molar-refractivity contribution in [1.82, 2.24) is 20.5 Å². The third-order valence-electron chi connectivity index (χ3n) is 6.20. The Kier molecular flexibility index (Phi) is 8.36. The lowest BCUT2D eigenvalue weighted by molar-refractivity contribution is -0.123. The molecule has 7 nitrogen and oxygen atoms in total. The van der Waals surface area contributed by atoms with Crippen molar-refractivity contribution in [3.05, 3.63) is 108 Å². The topological polar surface area (TPSA) is 86.5 Å². The fraction of sp³-hybridized carbons (Fsp3) is 0.241. The molecule has 0 spiro atoms. The Morgan fingerprint density at radius 3 is 2.31 bits per heavy atom. The molecule has 2 amide bonds. The molecule has 1 heterocycles. The van der Waals surface area contributed by atoms with Crippen LogP contribution in [0.15, 0.2) is 91.1 Å². The second-order valence-corrected chi connectivity index (χ2v) is 8.96. The number of hydrogen-bond donors (Lipinski definition) is 3. The molecule has 0 unspecified atom stereocenters.